The van der Waals surface area contributed by atoms with Gasteiger partial charge in [0.15, 0.2) is 11.5 Å². The number of ether oxygens (including phenoxy) is 2. The molecule has 1 aliphatic rings. The Morgan fingerprint density at radius 1 is 1.21 bits per heavy atom. The smallest absolute Gasteiger partial charge is 0.435 e. The van der Waals surface area contributed by atoms with E-state index < -0.39 is 23.6 Å². The standard InChI is InChI=1S/C22H25ClF3N3O4/c1-21(2,3)33-20(31)28-8-7-17-16(12-28)19(22(24,25)26)27-29(17)11-15(30)10-13-9-14(23)5-6-18(13)32-4/h5-6,9H,7-8,10-12H2,1-4H3. The molecule has 2 aromatic rings. The molecule has 0 radical (unpaired) electrons. The summed E-state index contributed by atoms with van der Waals surface area (Å²) in [5.74, 6) is 0.100. The van der Waals surface area contributed by atoms with Crippen molar-refractivity contribution in [2.75, 3.05) is 13.7 Å². The third-order valence-electron chi connectivity index (χ3n) is 5.01. The molecule has 1 amide bonds. The normalized spacial score (nSPS) is 14.1. The first kappa shape index (κ1) is 24.9. The maximum atomic E-state index is 13.7. The summed E-state index contributed by atoms with van der Waals surface area (Å²) in [7, 11) is 1.45. The Morgan fingerprint density at radius 2 is 1.91 bits per heavy atom. The van der Waals surface area contributed by atoms with Gasteiger partial charge < -0.3 is 14.4 Å². The van der Waals surface area contributed by atoms with Crippen molar-refractivity contribution in [1.29, 1.82) is 0 Å². The van der Waals surface area contributed by atoms with Gasteiger partial charge in [0.05, 0.1) is 13.7 Å². The molecule has 0 bridgehead atoms. The van der Waals surface area contributed by atoms with Crippen molar-refractivity contribution in [3.8, 4) is 5.75 Å². The van der Waals surface area contributed by atoms with Crippen molar-refractivity contribution >= 4 is 23.5 Å². The Kier molecular flexibility index (Phi) is 6.97. The first-order chi connectivity index (χ1) is 15.3. The summed E-state index contributed by atoms with van der Waals surface area (Å²) in [4.78, 5) is 26.3. The Bertz CT molecular complexity index is 1060. The number of halogens is 4. The van der Waals surface area contributed by atoms with Gasteiger partial charge in [-0.05, 0) is 39.0 Å². The number of fused-ring (bicyclic) bond motifs is 1. The summed E-state index contributed by atoms with van der Waals surface area (Å²) in [5.41, 5.74) is -1.18. The SMILES string of the molecule is COc1ccc(Cl)cc1CC(=O)Cn1nc(C(F)(F)F)c2c1CCN(C(=O)OC(C)(C)C)C2. The molecule has 1 aromatic heterocycles. The van der Waals surface area contributed by atoms with Crippen LogP contribution < -0.4 is 4.74 Å². The molecular formula is C22H25ClF3N3O4. The van der Waals surface area contributed by atoms with Gasteiger partial charge in [0.2, 0.25) is 0 Å². The predicted molar refractivity (Wildman–Crippen MR) is 114 cm³/mol. The van der Waals surface area contributed by atoms with Crippen LogP contribution in [0.15, 0.2) is 18.2 Å². The zero-order chi connectivity index (χ0) is 24.6. The van der Waals surface area contributed by atoms with Crippen LogP contribution in [-0.4, -0.2) is 45.8 Å². The number of alkyl halides is 3. The third kappa shape index (κ3) is 5.98. The van der Waals surface area contributed by atoms with Crippen LogP contribution in [0.3, 0.4) is 0 Å². The molecule has 0 spiro atoms. The van der Waals surface area contributed by atoms with E-state index in [4.69, 9.17) is 21.1 Å². The summed E-state index contributed by atoms with van der Waals surface area (Å²) < 4.78 is 52.7. The molecule has 1 aromatic carbocycles. The Morgan fingerprint density at radius 3 is 2.52 bits per heavy atom. The van der Waals surface area contributed by atoms with Crippen LogP contribution >= 0.6 is 11.6 Å². The van der Waals surface area contributed by atoms with E-state index in [-0.39, 0.29) is 49.5 Å². The molecule has 0 N–H and O–H groups in total. The summed E-state index contributed by atoms with van der Waals surface area (Å²) in [5, 5.41) is 4.12. The van der Waals surface area contributed by atoms with Crippen molar-refractivity contribution in [3.63, 3.8) is 0 Å². The number of carbonyl (C=O) groups is 2. The molecule has 0 fully saturated rings. The zero-order valence-corrected chi connectivity index (χ0v) is 19.5. The number of ketones is 1. The van der Waals surface area contributed by atoms with Gasteiger partial charge in [-0.1, -0.05) is 11.6 Å². The largest absolute Gasteiger partial charge is 0.496 e. The fourth-order valence-corrected chi connectivity index (χ4v) is 3.85. The number of carbonyl (C=O) groups excluding carboxylic acids is 2. The molecule has 0 saturated carbocycles. The molecule has 0 saturated heterocycles. The summed E-state index contributed by atoms with van der Waals surface area (Å²) in [6.07, 6.45) is -5.39. The molecule has 1 aliphatic heterocycles. The fourth-order valence-electron chi connectivity index (χ4n) is 3.65. The van der Waals surface area contributed by atoms with Gasteiger partial charge in [0.1, 0.15) is 17.9 Å². The van der Waals surface area contributed by atoms with E-state index >= 15 is 0 Å². The van der Waals surface area contributed by atoms with Crippen LogP contribution in [0, 0.1) is 0 Å². The van der Waals surface area contributed by atoms with Crippen molar-refractivity contribution in [3.05, 3.63) is 45.7 Å². The average Bonchev–Trinajstić information content (AvgIpc) is 3.05. The number of nitrogens with zero attached hydrogens (tertiary/aromatic N) is 3. The maximum Gasteiger partial charge on any atom is 0.435 e. The number of benzene rings is 1. The Labute approximate surface area is 194 Å². The first-order valence-electron chi connectivity index (χ1n) is 10.3. The zero-order valence-electron chi connectivity index (χ0n) is 18.8. The van der Waals surface area contributed by atoms with E-state index in [2.05, 4.69) is 5.10 Å². The number of Topliss-reactive ketones (excluding diaryl/α,β-unsaturated/α-hetero) is 1. The number of methoxy groups -OCH3 is 1. The number of amides is 1. The van der Waals surface area contributed by atoms with E-state index in [9.17, 15) is 22.8 Å². The predicted octanol–water partition coefficient (Wildman–Crippen LogP) is 4.67. The molecule has 33 heavy (non-hydrogen) atoms. The minimum atomic E-state index is -4.73. The van der Waals surface area contributed by atoms with Crippen molar-refractivity contribution in [2.45, 2.75) is 58.5 Å². The molecule has 180 valence electrons. The number of aromatic nitrogens is 2. The second-order valence-corrected chi connectivity index (χ2v) is 9.19. The summed E-state index contributed by atoms with van der Waals surface area (Å²) in [6, 6.07) is 4.81. The van der Waals surface area contributed by atoms with Gasteiger partial charge >= 0.3 is 12.3 Å². The van der Waals surface area contributed by atoms with Crippen LogP contribution in [-0.2, 0) is 41.6 Å². The lowest BCUT2D eigenvalue weighted by atomic mass is 10.0. The van der Waals surface area contributed by atoms with Crippen molar-refractivity contribution in [1.82, 2.24) is 14.7 Å². The average molecular weight is 488 g/mol. The third-order valence-corrected chi connectivity index (χ3v) is 5.25. The molecular weight excluding hydrogens is 463 g/mol. The van der Waals surface area contributed by atoms with Crippen LogP contribution in [0.1, 0.15) is 43.3 Å². The highest BCUT2D eigenvalue weighted by atomic mass is 35.5. The molecule has 7 nitrogen and oxygen atoms in total. The lowest BCUT2D eigenvalue weighted by molar-refractivity contribution is -0.142. The molecule has 0 atom stereocenters. The lowest BCUT2D eigenvalue weighted by Crippen LogP contribution is -2.40. The Hall–Kier alpha value is -2.75. The Balaban J connectivity index is 1.85. The van der Waals surface area contributed by atoms with Gasteiger partial charge in [-0.2, -0.15) is 18.3 Å². The highest BCUT2D eigenvalue weighted by Crippen LogP contribution is 2.35. The van der Waals surface area contributed by atoms with E-state index in [0.717, 1.165) is 4.68 Å². The van der Waals surface area contributed by atoms with Gasteiger partial charge in [0.25, 0.3) is 0 Å². The van der Waals surface area contributed by atoms with Crippen LogP contribution in [0.2, 0.25) is 5.02 Å². The first-order valence-corrected chi connectivity index (χ1v) is 10.6. The lowest BCUT2D eigenvalue weighted by Gasteiger charge is -2.30. The molecule has 3 rings (SSSR count). The number of hydrogen-bond donors (Lipinski definition) is 0. The molecule has 11 heteroatoms. The quantitative estimate of drug-likeness (QED) is 0.613. The minimum absolute atomic E-state index is 0.0796. The fraction of sp³-hybridized carbons (Fsp3) is 0.500. The van der Waals surface area contributed by atoms with E-state index in [0.29, 0.717) is 16.3 Å². The van der Waals surface area contributed by atoms with Crippen LogP contribution in [0.25, 0.3) is 0 Å². The van der Waals surface area contributed by atoms with Gasteiger partial charge in [-0.25, -0.2) is 4.79 Å². The van der Waals surface area contributed by atoms with Crippen molar-refractivity contribution in [2.24, 2.45) is 0 Å². The van der Waals surface area contributed by atoms with E-state index in [1.54, 1.807) is 39.0 Å². The molecule has 0 aliphatic carbocycles. The monoisotopic (exact) mass is 487 g/mol. The van der Waals surface area contributed by atoms with E-state index in [1.165, 1.54) is 12.0 Å². The number of rotatable bonds is 5. The van der Waals surface area contributed by atoms with Gasteiger partial charge in [-0.15, -0.1) is 0 Å². The van der Waals surface area contributed by atoms with Gasteiger partial charge in [-0.3, -0.25) is 9.48 Å². The molecule has 2 heterocycles. The van der Waals surface area contributed by atoms with Crippen LogP contribution in [0.5, 0.6) is 5.75 Å². The summed E-state index contributed by atoms with van der Waals surface area (Å²) in [6.45, 7) is 4.55. The van der Waals surface area contributed by atoms with Crippen LogP contribution in [0.4, 0.5) is 18.0 Å². The molecule has 0 unspecified atom stereocenters. The topological polar surface area (TPSA) is 73.7 Å². The second kappa shape index (κ2) is 9.24. The maximum absolute atomic E-state index is 13.7. The number of hydrogen-bond acceptors (Lipinski definition) is 5. The highest BCUT2D eigenvalue weighted by Gasteiger charge is 2.41. The summed E-state index contributed by atoms with van der Waals surface area (Å²) >= 11 is 5.99. The van der Waals surface area contributed by atoms with E-state index in [1.807, 2.05) is 0 Å². The minimum Gasteiger partial charge on any atom is -0.496 e. The second-order valence-electron chi connectivity index (χ2n) is 8.75. The highest BCUT2D eigenvalue weighted by molar-refractivity contribution is 6.30. The van der Waals surface area contributed by atoms with Gasteiger partial charge in [0, 0.05) is 41.2 Å². The van der Waals surface area contributed by atoms with Crippen molar-refractivity contribution < 1.29 is 32.2 Å².